The number of nitrogens with one attached hydrogen (secondary N) is 1. The van der Waals surface area contributed by atoms with Crippen molar-refractivity contribution in [2.75, 3.05) is 5.88 Å². The maximum atomic E-state index is 12.3. The number of non-ortho nitro benzene ring substituents is 1. The third kappa shape index (κ3) is 2.93. The number of carbonyl (C=O) groups is 1. The van der Waals surface area contributed by atoms with Gasteiger partial charge in [-0.05, 0) is 31.4 Å². The average Bonchev–Trinajstić information content (AvgIpc) is 2.87. The molecule has 0 saturated heterocycles. The van der Waals surface area contributed by atoms with Gasteiger partial charge in [-0.25, -0.2) is 0 Å². The van der Waals surface area contributed by atoms with Crippen LogP contribution in [0.4, 0.5) is 5.69 Å². The maximum absolute atomic E-state index is 12.3. The predicted octanol–water partition coefficient (Wildman–Crippen LogP) is 3.18. The molecule has 0 unspecified atom stereocenters. The first kappa shape index (κ1) is 14.8. The predicted molar refractivity (Wildman–Crippen MR) is 77.2 cm³/mol. The summed E-state index contributed by atoms with van der Waals surface area (Å²) in [5.74, 6) is 0.185. The number of hydrogen-bond acceptors (Lipinski definition) is 3. The number of benzene rings is 1. The molecule has 1 amide bonds. The van der Waals surface area contributed by atoms with Gasteiger partial charge in [0, 0.05) is 23.6 Å². The number of nitro benzene ring substituents is 1. The molecule has 6 heteroatoms. The van der Waals surface area contributed by atoms with Crippen molar-refractivity contribution >= 4 is 23.2 Å². The molecular formula is C14H17ClN2O3. The Morgan fingerprint density at radius 2 is 2.10 bits per heavy atom. The zero-order valence-corrected chi connectivity index (χ0v) is 12.1. The van der Waals surface area contributed by atoms with E-state index in [4.69, 9.17) is 11.6 Å². The van der Waals surface area contributed by atoms with Crippen molar-refractivity contribution in [1.82, 2.24) is 5.32 Å². The lowest BCUT2D eigenvalue weighted by Crippen LogP contribution is -2.48. The SMILES string of the molecule is Cc1cc([N+](=O)[O-])ccc1C(=O)NC1(CCl)CCCC1. The summed E-state index contributed by atoms with van der Waals surface area (Å²) in [6.45, 7) is 1.70. The van der Waals surface area contributed by atoms with Crippen LogP contribution in [0.15, 0.2) is 18.2 Å². The first-order chi connectivity index (χ1) is 9.47. The Bertz CT molecular complexity index is 539. The molecule has 1 aliphatic rings. The Hall–Kier alpha value is -1.62. The first-order valence-electron chi connectivity index (χ1n) is 6.61. The minimum Gasteiger partial charge on any atom is -0.345 e. The van der Waals surface area contributed by atoms with Gasteiger partial charge in [0.1, 0.15) is 0 Å². The Labute approximate surface area is 122 Å². The van der Waals surface area contributed by atoms with Crippen LogP contribution in [-0.4, -0.2) is 22.2 Å². The van der Waals surface area contributed by atoms with Gasteiger partial charge in [-0.1, -0.05) is 12.8 Å². The standard InChI is InChI=1S/C14H17ClN2O3/c1-10-8-11(17(19)20)4-5-12(10)13(18)16-14(9-15)6-2-3-7-14/h4-5,8H,2-3,6-7,9H2,1H3,(H,16,18). The largest absolute Gasteiger partial charge is 0.345 e. The topological polar surface area (TPSA) is 72.2 Å². The van der Waals surface area contributed by atoms with Crippen LogP contribution in [0.25, 0.3) is 0 Å². The molecule has 1 N–H and O–H groups in total. The van der Waals surface area contributed by atoms with Crippen molar-refractivity contribution in [1.29, 1.82) is 0 Å². The molecule has 20 heavy (non-hydrogen) atoms. The number of carbonyl (C=O) groups excluding carboxylic acids is 1. The molecule has 0 heterocycles. The number of amides is 1. The number of nitro groups is 1. The third-order valence-electron chi connectivity index (χ3n) is 3.86. The van der Waals surface area contributed by atoms with Crippen LogP contribution in [0.3, 0.4) is 0 Å². The van der Waals surface area contributed by atoms with Crippen molar-refractivity contribution in [3.8, 4) is 0 Å². The Morgan fingerprint density at radius 3 is 2.60 bits per heavy atom. The van der Waals surface area contributed by atoms with Crippen molar-refractivity contribution in [2.45, 2.75) is 38.1 Å². The van der Waals surface area contributed by atoms with E-state index in [1.807, 2.05) is 0 Å². The number of halogens is 1. The van der Waals surface area contributed by atoms with E-state index in [-0.39, 0.29) is 17.1 Å². The fourth-order valence-electron chi connectivity index (χ4n) is 2.67. The zero-order valence-electron chi connectivity index (χ0n) is 11.3. The molecule has 1 aromatic rings. The molecule has 0 bridgehead atoms. The summed E-state index contributed by atoms with van der Waals surface area (Å²) in [4.78, 5) is 22.6. The Morgan fingerprint density at radius 1 is 1.45 bits per heavy atom. The number of rotatable bonds is 4. The Kier molecular flexibility index (Phi) is 4.28. The summed E-state index contributed by atoms with van der Waals surface area (Å²) in [6, 6.07) is 4.26. The third-order valence-corrected chi connectivity index (χ3v) is 4.37. The Balaban J connectivity index is 2.19. The van der Waals surface area contributed by atoms with Crippen LogP contribution >= 0.6 is 11.6 Å². The van der Waals surface area contributed by atoms with Crippen molar-refractivity contribution < 1.29 is 9.72 Å². The van der Waals surface area contributed by atoms with Crippen molar-refractivity contribution in [3.63, 3.8) is 0 Å². The van der Waals surface area contributed by atoms with Gasteiger partial charge in [0.15, 0.2) is 0 Å². The monoisotopic (exact) mass is 296 g/mol. The molecule has 0 atom stereocenters. The smallest absolute Gasteiger partial charge is 0.269 e. The van der Waals surface area contributed by atoms with Crippen LogP contribution in [0.5, 0.6) is 0 Å². The summed E-state index contributed by atoms with van der Waals surface area (Å²) in [6.07, 6.45) is 3.89. The summed E-state index contributed by atoms with van der Waals surface area (Å²) in [7, 11) is 0. The van der Waals surface area contributed by atoms with Gasteiger partial charge in [0.2, 0.25) is 0 Å². The fraction of sp³-hybridized carbons (Fsp3) is 0.500. The van der Waals surface area contributed by atoms with E-state index in [2.05, 4.69) is 5.32 Å². The molecule has 1 saturated carbocycles. The second-order valence-electron chi connectivity index (χ2n) is 5.33. The molecule has 108 valence electrons. The maximum Gasteiger partial charge on any atom is 0.269 e. The minimum atomic E-state index is -0.466. The van der Waals surface area contributed by atoms with Gasteiger partial charge in [-0.15, -0.1) is 11.6 Å². The van der Waals surface area contributed by atoms with Gasteiger partial charge in [0.25, 0.3) is 11.6 Å². The van der Waals surface area contributed by atoms with E-state index in [1.165, 1.54) is 18.2 Å². The quantitative estimate of drug-likeness (QED) is 0.527. The van der Waals surface area contributed by atoms with E-state index < -0.39 is 4.92 Å². The van der Waals surface area contributed by atoms with E-state index >= 15 is 0 Å². The van der Waals surface area contributed by atoms with Gasteiger partial charge < -0.3 is 5.32 Å². The van der Waals surface area contributed by atoms with Crippen LogP contribution < -0.4 is 5.32 Å². The molecule has 0 aromatic heterocycles. The molecular weight excluding hydrogens is 280 g/mol. The molecule has 1 aliphatic carbocycles. The van der Waals surface area contributed by atoms with E-state index in [0.29, 0.717) is 17.0 Å². The van der Waals surface area contributed by atoms with Crippen LogP contribution in [0.1, 0.15) is 41.6 Å². The highest BCUT2D eigenvalue weighted by Crippen LogP contribution is 2.31. The molecule has 1 aromatic carbocycles. The van der Waals surface area contributed by atoms with E-state index in [0.717, 1.165) is 25.7 Å². The van der Waals surface area contributed by atoms with E-state index in [9.17, 15) is 14.9 Å². The number of nitrogens with zero attached hydrogens (tertiary/aromatic N) is 1. The van der Waals surface area contributed by atoms with Crippen molar-refractivity contribution in [3.05, 3.63) is 39.4 Å². The van der Waals surface area contributed by atoms with E-state index in [1.54, 1.807) is 6.92 Å². The van der Waals surface area contributed by atoms with Crippen LogP contribution in [0.2, 0.25) is 0 Å². The molecule has 5 nitrogen and oxygen atoms in total. The van der Waals surface area contributed by atoms with Gasteiger partial charge in [-0.3, -0.25) is 14.9 Å². The molecule has 0 radical (unpaired) electrons. The second-order valence-corrected chi connectivity index (χ2v) is 5.60. The lowest BCUT2D eigenvalue weighted by Gasteiger charge is -2.28. The normalized spacial score (nSPS) is 16.9. The molecule has 0 spiro atoms. The lowest BCUT2D eigenvalue weighted by molar-refractivity contribution is -0.384. The fourth-order valence-corrected chi connectivity index (χ4v) is 3.00. The van der Waals surface area contributed by atoms with Crippen molar-refractivity contribution in [2.24, 2.45) is 0 Å². The zero-order chi connectivity index (χ0) is 14.8. The molecule has 2 rings (SSSR count). The van der Waals surface area contributed by atoms with Crippen LogP contribution in [-0.2, 0) is 0 Å². The van der Waals surface area contributed by atoms with Gasteiger partial charge >= 0.3 is 0 Å². The summed E-state index contributed by atoms with van der Waals surface area (Å²) >= 11 is 6.00. The number of aryl methyl sites for hydroxylation is 1. The molecule has 1 fully saturated rings. The highest BCUT2D eigenvalue weighted by atomic mass is 35.5. The molecule has 0 aliphatic heterocycles. The lowest BCUT2D eigenvalue weighted by atomic mass is 9.98. The number of alkyl halides is 1. The number of hydrogen-bond donors (Lipinski definition) is 1. The minimum absolute atomic E-state index is 0.00743. The first-order valence-corrected chi connectivity index (χ1v) is 7.14. The van der Waals surface area contributed by atoms with Gasteiger partial charge in [-0.2, -0.15) is 0 Å². The van der Waals surface area contributed by atoms with Crippen LogP contribution in [0, 0.1) is 17.0 Å². The summed E-state index contributed by atoms with van der Waals surface area (Å²) in [5.41, 5.74) is 0.728. The summed E-state index contributed by atoms with van der Waals surface area (Å²) < 4.78 is 0. The highest BCUT2D eigenvalue weighted by molar-refractivity contribution is 6.19. The summed E-state index contributed by atoms with van der Waals surface area (Å²) in [5, 5.41) is 13.7. The average molecular weight is 297 g/mol. The second kappa shape index (κ2) is 5.79. The van der Waals surface area contributed by atoms with Gasteiger partial charge in [0.05, 0.1) is 10.5 Å². The highest BCUT2D eigenvalue weighted by Gasteiger charge is 2.34.